The standard InChI is InChI=1S/C8H9N3S/c1-3-7(12)11-8-6(2)9-4-5-10-8/h4-5,12H,1H2,2H3,(H,10,11). The van der Waals surface area contributed by atoms with Crippen molar-refractivity contribution in [1.29, 1.82) is 0 Å². The number of aryl methyl sites for hydroxylation is 1. The van der Waals surface area contributed by atoms with Crippen LogP contribution in [0.1, 0.15) is 5.69 Å². The van der Waals surface area contributed by atoms with Gasteiger partial charge in [0.1, 0.15) is 5.03 Å². The van der Waals surface area contributed by atoms with E-state index in [1.807, 2.05) is 6.92 Å². The van der Waals surface area contributed by atoms with Crippen LogP contribution >= 0.6 is 12.6 Å². The fourth-order valence-electron chi connectivity index (χ4n) is 0.687. The highest BCUT2D eigenvalue weighted by Gasteiger charge is 1.98. The Labute approximate surface area is 76.7 Å². The van der Waals surface area contributed by atoms with E-state index in [0.717, 1.165) is 5.69 Å². The normalized spacial score (nSPS) is 8.83. The number of anilines is 1. The maximum Gasteiger partial charge on any atom is 0.152 e. The second kappa shape index (κ2) is 3.95. The van der Waals surface area contributed by atoms with Crippen molar-refractivity contribution in [2.24, 2.45) is 0 Å². The van der Waals surface area contributed by atoms with Crippen LogP contribution in [-0.4, -0.2) is 9.97 Å². The Bertz CT molecular complexity index is 329. The summed E-state index contributed by atoms with van der Waals surface area (Å²) < 4.78 is 0. The summed E-state index contributed by atoms with van der Waals surface area (Å²) in [6, 6.07) is 0. The first-order valence-electron chi connectivity index (χ1n) is 3.37. The minimum absolute atomic E-state index is 0.540. The van der Waals surface area contributed by atoms with Crippen LogP contribution in [0.4, 0.5) is 5.82 Å². The SMILES string of the molecule is C=C=C(S)Nc1nccnc1C. The van der Waals surface area contributed by atoms with Crippen molar-refractivity contribution < 1.29 is 0 Å². The van der Waals surface area contributed by atoms with E-state index in [1.165, 1.54) is 0 Å². The molecule has 0 atom stereocenters. The van der Waals surface area contributed by atoms with Crippen LogP contribution in [0.25, 0.3) is 0 Å². The van der Waals surface area contributed by atoms with Gasteiger partial charge in [0.15, 0.2) is 5.82 Å². The second-order valence-corrected chi connectivity index (χ2v) is 2.59. The molecular weight excluding hydrogens is 170 g/mol. The maximum absolute atomic E-state index is 4.06. The fourth-order valence-corrected chi connectivity index (χ4v) is 0.793. The smallest absolute Gasteiger partial charge is 0.152 e. The molecule has 0 unspecified atom stereocenters. The molecule has 3 nitrogen and oxygen atoms in total. The topological polar surface area (TPSA) is 37.8 Å². The summed E-state index contributed by atoms with van der Waals surface area (Å²) in [4.78, 5) is 8.10. The quantitative estimate of drug-likeness (QED) is 0.536. The molecule has 0 aromatic carbocycles. The lowest BCUT2D eigenvalue weighted by Crippen LogP contribution is -1.98. The van der Waals surface area contributed by atoms with Crippen molar-refractivity contribution in [2.45, 2.75) is 6.92 Å². The highest BCUT2D eigenvalue weighted by molar-refractivity contribution is 7.84. The highest BCUT2D eigenvalue weighted by Crippen LogP contribution is 2.10. The molecule has 0 radical (unpaired) electrons. The molecular formula is C8H9N3S. The van der Waals surface area contributed by atoms with Gasteiger partial charge in [-0.2, -0.15) is 0 Å². The van der Waals surface area contributed by atoms with Gasteiger partial charge in [-0.15, -0.1) is 12.6 Å². The van der Waals surface area contributed by atoms with Crippen LogP contribution in [0, 0.1) is 6.92 Å². The zero-order valence-electron chi connectivity index (χ0n) is 6.70. The van der Waals surface area contributed by atoms with Crippen LogP contribution in [0.5, 0.6) is 0 Å². The van der Waals surface area contributed by atoms with Gasteiger partial charge in [0.05, 0.1) is 5.69 Å². The lowest BCUT2D eigenvalue weighted by molar-refractivity contribution is 1.12. The van der Waals surface area contributed by atoms with Crippen molar-refractivity contribution in [2.75, 3.05) is 5.32 Å². The Morgan fingerprint density at radius 1 is 1.58 bits per heavy atom. The minimum atomic E-state index is 0.540. The van der Waals surface area contributed by atoms with Crippen molar-refractivity contribution in [3.63, 3.8) is 0 Å². The molecule has 0 amide bonds. The molecule has 4 heteroatoms. The number of hydrogen-bond donors (Lipinski definition) is 2. The molecule has 0 aliphatic carbocycles. The Hall–Kier alpha value is -1.25. The Kier molecular flexibility index (Phi) is 2.91. The van der Waals surface area contributed by atoms with E-state index in [0.29, 0.717) is 10.8 Å². The molecule has 1 N–H and O–H groups in total. The first kappa shape index (κ1) is 8.84. The zero-order chi connectivity index (χ0) is 8.97. The first-order chi connectivity index (χ1) is 5.74. The van der Waals surface area contributed by atoms with Gasteiger partial charge in [-0.1, -0.05) is 12.3 Å². The van der Waals surface area contributed by atoms with E-state index < -0.39 is 0 Å². The van der Waals surface area contributed by atoms with E-state index in [-0.39, 0.29) is 0 Å². The van der Waals surface area contributed by atoms with Crippen molar-refractivity contribution in [3.05, 3.63) is 35.4 Å². The number of thiol groups is 1. The van der Waals surface area contributed by atoms with Crippen LogP contribution in [0.3, 0.4) is 0 Å². The first-order valence-corrected chi connectivity index (χ1v) is 3.82. The van der Waals surface area contributed by atoms with E-state index in [4.69, 9.17) is 0 Å². The second-order valence-electron chi connectivity index (χ2n) is 2.14. The number of nitrogens with one attached hydrogen (secondary N) is 1. The Morgan fingerprint density at radius 3 is 2.83 bits per heavy atom. The van der Waals surface area contributed by atoms with Gasteiger partial charge in [-0.05, 0) is 6.92 Å². The number of rotatable bonds is 2. The summed E-state index contributed by atoms with van der Waals surface area (Å²) in [5.74, 6) is 0.679. The zero-order valence-corrected chi connectivity index (χ0v) is 7.60. The molecule has 0 spiro atoms. The number of hydrogen-bond acceptors (Lipinski definition) is 4. The summed E-state index contributed by atoms with van der Waals surface area (Å²) in [6.07, 6.45) is 3.25. The van der Waals surface area contributed by atoms with Gasteiger partial charge in [-0.3, -0.25) is 4.98 Å². The summed E-state index contributed by atoms with van der Waals surface area (Å²) in [6.45, 7) is 5.30. The lowest BCUT2D eigenvalue weighted by Gasteiger charge is -2.03. The van der Waals surface area contributed by atoms with Crippen LogP contribution in [0.2, 0.25) is 0 Å². The van der Waals surface area contributed by atoms with Gasteiger partial charge >= 0.3 is 0 Å². The molecule has 0 saturated heterocycles. The van der Waals surface area contributed by atoms with Gasteiger partial charge < -0.3 is 5.32 Å². The third-order valence-electron chi connectivity index (χ3n) is 1.29. The summed E-state index contributed by atoms with van der Waals surface area (Å²) >= 11 is 4.05. The minimum Gasteiger partial charge on any atom is -0.327 e. The molecule has 0 fully saturated rings. The number of nitrogens with zero attached hydrogens (tertiary/aromatic N) is 2. The lowest BCUT2D eigenvalue weighted by atomic mass is 10.4. The largest absolute Gasteiger partial charge is 0.327 e. The molecule has 1 heterocycles. The molecule has 12 heavy (non-hydrogen) atoms. The van der Waals surface area contributed by atoms with E-state index in [1.54, 1.807) is 12.4 Å². The molecule has 0 bridgehead atoms. The highest BCUT2D eigenvalue weighted by atomic mass is 32.1. The summed E-state index contributed by atoms with van der Waals surface area (Å²) in [7, 11) is 0. The summed E-state index contributed by atoms with van der Waals surface area (Å²) in [5, 5.41) is 3.43. The average molecular weight is 179 g/mol. The maximum atomic E-state index is 4.06. The predicted octanol–water partition coefficient (Wildman–Crippen LogP) is 1.75. The van der Waals surface area contributed by atoms with E-state index in [2.05, 4.69) is 40.2 Å². The molecule has 1 aromatic rings. The van der Waals surface area contributed by atoms with Crippen molar-refractivity contribution in [1.82, 2.24) is 9.97 Å². The van der Waals surface area contributed by atoms with E-state index >= 15 is 0 Å². The molecule has 0 saturated carbocycles. The van der Waals surface area contributed by atoms with Gasteiger partial charge in [0, 0.05) is 12.4 Å². The Morgan fingerprint density at radius 2 is 2.25 bits per heavy atom. The van der Waals surface area contributed by atoms with Gasteiger partial charge in [0.25, 0.3) is 0 Å². The fraction of sp³-hybridized carbons (Fsp3) is 0.125. The van der Waals surface area contributed by atoms with Gasteiger partial charge in [0.2, 0.25) is 0 Å². The molecule has 0 aliphatic rings. The monoisotopic (exact) mass is 179 g/mol. The van der Waals surface area contributed by atoms with E-state index in [9.17, 15) is 0 Å². The van der Waals surface area contributed by atoms with Crippen LogP contribution in [0.15, 0.2) is 29.7 Å². The number of aromatic nitrogens is 2. The third kappa shape index (κ3) is 2.12. The van der Waals surface area contributed by atoms with Crippen LogP contribution < -0.4 is 5.32 Å². The van der Waals surface area contributed by atoms with Crippen LogP contribution in [-0.2, 0) is 0 Å². The molecule has 0 aliphatic heterocycles. The summed E-state index contributed by atoms with van der Waals surface area (Å²) in [5.41, 5.74) is 3.41. The predicted molar refractivity (Wildman–Crippen MR) is 52.0 cm³/mol. The van der Waals surface area contributed by atoms with Crippen molar-refractivity contribution >= 4 is 18.4 Å². The molecule has 1 rings (SSSR count). The molecule has 62 valence electrons. The average Bonchev–Trinajstić information content (AvgIpc) is 2.09. The van der Waals surface area contributed by atoms with Crippen molar-refractivity contribution in [3.8, 4) is 0 Å². The van der Waals surface area contributed by atoms with Gasteiger partial charge in [-0.25, -0.2) is 4.98 Å². The third-order valence-corrected chi connectivity index (χ3v) is 1.56. The Balaban J connectivity index is 2.90. The molecule has 1 aromatic heterocycles.